The van der Waals surface area contributed by atoms with Crippen molar-refractivity contribution in [2.75, 3.05) is 5.32 Å². The van der Waals surface area contributed by atoms with Crippen molar-refractivity contribution in [3.8, 4) is 0 Å². The van der Waals surface area contributed by atoms with E-state index in [2.05, 4.69) is 20.4 Å². The Hall–Kier alpha value is -2.76. The van der Waals surface area contributed by atoms with Gasteiger partial charge in [0.2, 0.25) is 0 Å². The Kier molecular flexibility index (Phi) is 2.90. The predicted octanol–water partition coefficient (Wildman–Crippen LogP) is 1.99. The van der Waals surface area contributed by atoms with E-state index in [1.54, 1.807) is 35.2 Å². The Morgan fingerprint density at radius 2 is 2.00 bits per heavy atom. The third kappa shape index (κ3) is 2.23. The first kappa shape index (κ1) is 12.3. The number of carbonyl (C=O) groups is 1. The summed E-state index contributed by atoms with van der Waals surface area (Å²) in [6.07, 6.45) is 4.93. The van der Waals surface area contributed by atoms with Crippen LogP contribution in [0.1, 0.15) is 21.7 Å². The minimum absolute atomic E-state index is 0.178. The van der Waals surface area contributed by atoms with Crippen molar-refractivity contribution in [1.82, 2.24) is 19.6 Å². The summed E-state index contributed by atoms with van der Waals surface area (Å²) in [7, 11) is 0. The summed E-state index contributed by atoms with van der Waals surface area (Å²) in [5.41, 5.74) is 3.00. The van der Waals surface area contributed by atoms with Gasteiger partial charge in [-0.2, -0.15) is 5.10 Å². The molecule has 100 valence electrons. The first-order valence-corrected chi connectivity index (χ1v) is 6.18. The summed E-state index contributed by atoms with van der Waals surface area (Å²) in [6, 6.07) is 5.21. The number of aryl methyl sites for hydroxylation is 2. The molecule has 0 fully saturated rings. The number of anilines is 1. The van der Waals surface area contributed by atoms with Crippen LogP contribution in [-0.2, 0) is 0 Å². The molecule has 0 atom stereocenters. The van der Waals surface area contributed by atoms with Gasteiger partial charge in [-0.15, -0.1) is 0 Å². The maximum atomic E-state index is 12.1. The normalized spacial score (nSPS) is 10.7. The van der Waals surface area contributed by atoms with Crippen LogP contribution in [0, 0.1) is 13.8 Å². The fourth-order valence-electron chi connectivity index (χ4n) is 2.03. The second kappa shape index (κ2) is 4.73. The van der Waals surface area contributed by atoms with Gasteiger partial charge in [0, 0.05) is 18.0 Å². The van der Waals surface area contributed by atoms with Crippen LogP contribution in [-0.4, -0.2) is 25.5 Å². The molecule has 0 saturated carbocycles. The largest absolute Gasteiger partial charge is 0.321 e. The summed E-state index contributed by atoms with van der Waals surface area (Å²) in [6.45, 7) is 3.77. The molecule has 0 unspecified atom stereocenters. The number of nitrogens with one attached hydrogen (secondary N) is 1. The standard InChI is InChI=1S/C14H13N5O/c1-9-7-12(8-19-13(9)16-10(2)18-19)17-14(20)11-3-5-15-6-4-11/h3-8H,1-2H3,(H,17,20). The first-order valence-electron chi connectivity index (χ1n) is 6.18. The second-order valence-corrected chi connectivity index (χ2v) is 4.53. The Bertz CT molecular complexity index is 779. The topological polar surface area (TPSA) is 72.2 Å². The average Bonchev–Trinajstić information content (AvgIpc) is 2.81. The molecule has 3 heterocycles. The number of fused-ring (bicyclic) bond motifs is 1. The number of hydrogen-bond donors (Lipinski definition) is 1. The molecule has 6 heteroatoms. The molecule has 20 heavy (non-hydrogen) atoms. The van der Waals surface area contributed by atoms with Crippen molar-refractivity contribution < 1.29 is 4.79 Å². The van der Waals surface area contributed by atoms with Gasteiger partial charge in [0.1, 0.15) is 5.82 Å². The van der Waals surface area contributed by atoms with Crippen LogP contribution >= 0.6 is 0 Å². The zero-order valence-corrected chi connectivity index (χ0v) is 11.2. The number of hydrogen-bond acceptors (Lipinski definition) is 4. The van der Waals surface area contributed by atoms with Gasteiger partial charge >= 0.3 is 0 Å². The zero-order valence-electron chi connectivity index (χ0n) is 11.2. The highest BCUT2D eigenvalue weighted by Crippen LogP contribution is 2.15. The van der Waals surface area contributed by atoms with Gasteiger partial charge in [-0.05, 0) is 37.6 Å². The number of carbonyl (C=O) groups excluding carboxylic acids is 1. The number of rotatable bonds is 2. The lowest BCUT2D eigenvalue weighted by molar-refractivity contribution is 0.102. The van der Waals surface area contributed by atoms with Crippen LogP contribution in [0.4, 0.5) is 5.69 Å². The highest BCUT2D eigenvalue weighted by Gasteiger charge is 2.09. The van der Waals surface area contributed by atoms with Crippen molar-refractivity contribution in [1.29, 1.82) is 0 Å². The molecule has 1 N–H and O–H groups in total. The molecule has 0 radical (unpaired) electrons. The molecule has 6 nitrogen and oxygen atoms in total. The lowest BCUT2D eigenvalue weighted by Gasteiger charge is -2.06. The molecular weight excluding hydrogens is 254 g/mol. The van der Waals surface area contributed by atoms with Crippen molar-refractivity contribution in [2.24, 2.45) is 0 Å². The fraction of sp³-hybridized carbons (Fsp3) is 0.143. The van der Waals surface area contributed by atoms with Crippen molar-refractivity contribution >= 4 is 17.2 Å². The molecule has 3 aromatic rings. The Balaban J connectivity index is 1.93. The summed E-state index contributed by atoms with van der Waals surface area (Å²) in [4.78, 5) is 20.3. The molecule has 3 aromatic heterocycles. The minimum Gasteiger partial charge on any atom is -0.321 e. The number of amides is 1. The third-order valence-corrected chi connectivity index (χ3v) is 2.92. The highest BCUT2D eigenvalue weighted by molar-refractivity contribution is 6.04. The van der Waals surface area contributed by atoms with Gasteiger partial charge < -0.3 is 5.32 Å². The monoisotopic (exact) mass is 267 g/mol. The molecule has 0 aliphatic heterocycles. The van der Waals surface area contributed by atoms with E-state index in [4.69, 9.17) is 0 Å². The minimum atomic E-state index is -0.178. The van der Waals surface area contributed by atoms with Crippen LogP contribution < -0.4 is 5.32 Å². The van der Waals surface area contributed by atoms with Crippen LogP contribution in [0.2, 0.25) is 0 Å². The first-order chi connectivity index (χ1) is 9.63. The van der Waals surface area contributed by atoms with Crippen LogP contribution in [0.3, 0.4) is 0 Å². The third-order valence-electron chi connectivity index (χ3n) is 2.92. The number of aromatic nitrogens is 4. The van der Waals surface area contributed by atoms with E-state index in [1.807, 2.05) is 19.9 Å². The van der Waals surface area contributed by atoms with Gasteiger partial charge in [0.05, 0.1) is 11.9 Å². The summed E-state index contributed by atoms with van der Waals surface area (Å²) >= 11 is 0. The SMILES string of the molecule is Cc1nc2c(C)cc(NC(=O)c3ccncc3)cn2n1. The molecule has 3 rings (SSSR count). The quantitative estimate of drug-likeness (QED) is 0.770. The lowest BCUT2D eigenvalue weighted by Crippen LogP contribution is -2.12. The smallest absolute Gasteiger partial charge is 0.255 e. The van der Waals surface area contributed by atoms with Crippen molar-refractivity contribution in [2.45, 2.75) is 13.8 Å². The van der Waals surface area contributed by atoms with Crippen molar-refractivity contribution in [3.63, 3.8) is 0 Å². The maximum Gasteiger partial charge on any atom is 0.255 e. The van der Waals surface area contributed by atoms with Gasteiger partial charge in [-0.3, -0.25) is 9.78 Å². The van der Waals surface area contributed by atoms with Crippen molar-refractivity contribution in [3.05, 3.63) is 53.7 Å². The Morgan fingerprint density at radius 3 is 2.75 bits per heavy atom. The molecule has 0 aliphatic rings. The molecular formula is C14H13N5O. The number of nitrogens with zero attached hydrogens (tertiary/aromatic N) is 4. The zero-order chi connectivity index (χ0) is 14.1. The van der Waals surface area contributed by atoms with E-state index < -0.39 is 0 Å². The van der Waals surface area contributed by atoms with Gasteiger partial charge in [-0.1, -0.05) is 0 Å². The van der Waals surface area contributed by atoms with E-state index in [-0.39, 0.29) is 5.91 Å². The van der Waals surface area contributed by atoms with E-state index >= 15 is 0 Å². The molecule has 0 spiro atoms. The second-order valence-electron chi connectivity index (χ2n) is 4.53. The van der Waals surface area contributed by atoms with E-state index in [1.165, 1.54) is 0 Å². The molecule has 0 saturated heterocycles. The fourth-order valence-corrected chi connectivity index (χ4v) is 2.03. The van der Waals surface area contributed by atoms with Gasteiger partial charge in [0.15, 0.2) is 5.65 Å². The van der Waals surface area contributed by atoms with Gasteiger partial charge in [-0.25, -0.2) is 9.50 Å². The van der Waals surface area contributed by atoms with E-state index in [0.717, 1.165) is 11.2 Å². The van der Waals surface area contributed by atoms with E-state index in [9.17, 15) is 4.79 Å². The predicted molar refractivity (Wildman–Crippen MR) is 74.7 cm³/mol. The average molecular weight is 267 g/mol. The summed E-state index contributed by atoms with van der Waals surface area (Å²) in [5.74, 6) is 0.522. The highest BCUT2D eigenvalue weighted by atomic mass is 16.1. The summed E-state index contributed by atoms with van der Waals surface area (Å²) < 4.78 is 1.67. The van der Waals surface area contributed by atoms with Crippen LogP contribution in [0.5, 0.6) is 0 Å². The Labute approximate surface area is 115 Å². The molecule has 1 amide bonds. The maximum absolute atomic E-state index is 12.1. The molecule has 0 aliphatic carbocycles. The van der Waals surface area contributed by atoms with Crippen LogP contribution in [0.15, 0.2) is 36.8 Å². The van der Waals surface area contributed by atoms with Gasteiger partial charge in [0.25, 0.3) is 5.91 Å². The summed E-state index contributed by atoms with van der Waals surface area (Å²) in [5, 5.41) is 7.10. The molecule has 0 bridgehead atoms. The lowest BCUT2D eigenvalue weighted by atomic mass is 10.2. The van der Waals surface area contributed by atoms with E-state index in [0.29, 0.717) is 17.1 Å². The molecule has 0 aromatic carbocycles. The van der Waals surface area contributed by atoms with Crippen LogP contribution in [0.25, 0.3) is 5.65 Å². The number of pyridine rings is 2. The Morgan fingerprint density at radius 1 is 1.25 bits per heavy atom.